The molecule has 0 bridgehead atoms. The number of alkyl halides is 6. The smallest absolute Gasteiger partial charge is 0.454 e. The average Bonchev–Trinajstić information content (AvgIpc) is 2.34. The molecule has 13 heteroatoms. The standard InChI is InChI=1S/2C5H5F3O2.C5H8O2.Ir/c2*1-3(9)2-4(10)5(6,7)8;1-4(6)3-5(2)7;/h2,10H,1H3;2,9H,1H3;3,6H,1-2H3;. The summed E-state index contributed by atoms with van der Waals surface area (Å²) in [6, 6.07) is 0. The van der Waals surface area contributed by atoms with Crippen LogP contribution >= 0.6 is 0 Å². The summed E-state index contributed by atoms with van der Waals surface area (Å²) < 4.78 is 67.9. The van der Waals surface area contributed by atoms with Gasteiger partial charge in [-0.3, -0.25) is 14.4 Å². The first-order chi connectivity index (χ1) is 11.8. The van der Waals surface area contributed by atoms with Crippen molar-refractivity contribution in [1.82, 2.24) is 0 Å². The number of aliphatic hydroxyl groups excluding tert-OH is 3. The summed E-state index contributed by atoms with van der Waals surface area (Å²) in [5.74, 6) is -5.46. The van der Waals surface area contributed by atoms with Crippen LogP contribution in [-0.2, 0) is 34.5 Å². The second-order valence-corrected chi connectivity index (χ2v) is 4.68. The third-order valence-electron chi connectivity index (χ3n) is 1.66. The van der Waals surface area contributed by atoms with Gasteiger partial charge in [-0.2, -0.15) is 26.3 Å². The maximum absolute atomic E-state index is 11.3. The molecule has 0 heterocycles. The molecule has 0 aromatic heterocycles. The minimum atomic E-state index is -4.88. The molecule has 0 spiro atoms. The number of hydrogen-bond donors (Lipinski definition) is 3. The second kappa shape index (κ2) is 14.9. The van der Waals surface area contributed by atoms with Crippen LogP contribution < -0.4 is 0 Å². The first kappa shape index (κ1) is 33.4. The van der Waals surface area contributed by atoms with Crippen LogP contribution in [0.5, 0.6) is 0 Å². The van der Waals surface area contributed by atoms with E-state index >= 15 is 0 Å². The number of hydrogen-bond acceptors (Lipinski definition) is 6. The van der Waals surface area contributed by atoms with Crippen LogP contribution in [0.25, 0.3) is 0 Å². The molecular formula is C15H18F6IrO6. The minimum absolute atomic E-state index is 0. The van der Waals surface area contributed by atoms with Crippen molar-refractivity contribution in [3.8, 4) is 0 Å². The summed E-state index contributed by atoms with van der Waals surface area (Å²) in [4.78, 5) is 29.9. The van der Waals surface area contributed by atoms with Crippen molar-refractivity contribution in [2.24, 2.45) is 0 Å². The normalized spacial score (nSPS) is 12.4. The first-order valence-corrected chi connectivity index (χ1v) is 6.65. The van der Waals surface area contributed by atoms with Crippen LogP contribution in [0.15, 0.2) is 35.5 Å². The van der Waals surface area contributed by atoms with Gasteiger partial charge in [0.2, 0.25) is 5.76 Å². The molecule has 3 N–H and O–H groups in total. The molecular weight excluding hydrogens is 582 g/mol. The quantitative estimate of drug-likeness (QED) is 0.255. The summed E-state index contributed by atoms with van der Waals surface area (Å²) in [5, 5.41) is 24.7. The Hall–Kier alpha value is -2.14. The van der Waals surface area contributed by atoms with Gasteiger partial charge in [-0.25, -0.2) is 0 Å². The number of carbonyl (C=O) groups excluding carboxylic acids is 3. The van der Waals surface area contributed by atoms with E-state index in [-0.39, 0.29) is 43.8 Å². The maximum Gasteiger partial charge on any atom is 0.454 e. The summed E-state index contributed by atoms with van der Waals surface area (Å²) in [5.41, 5.74) is 0. The van der Waals surface area contributed by atoms with Crippen molar-refractivity contribution in [3.63, 3.8) is 0 Å². The Balaban J connectivity index is -0.000000154. The van der Waals surface area contributed by atoms with Gasteiger partial charge in [-0.05, 0) is 27.7 Å². The van der Waals surface area contributed by atoms with Gasteiger partial charge in [0.05, 0.1) is 11.5 Å². The Morgan fingerprint density at radius 1 is 0.643 bits per heavy atom. The number of carbonyl (C=O) groups is 3. The fraction of sp³-hybridized carbons (Fsp3) is 0.400. The Bertz CT molecular complexity index is 609. The largest absolute Gasteiger partial charge is 0.512 e. The van der Waals surface area contributed by atoms with Crippen LogP contribution in [-0.4, -0.2) is 45.0 Å². The molecule has 0 saturated heterocycles. The number of rotatable bonds is 3. The monoisotopic (exact) mass is 601 g/mol. The van der Waals surface area contributed by atoms with Gasteiger partial charge >= 0.3 is 12.4 Å². The van der Waals surface area contributed by atoms with Crippen molar-refractivity contribution >= 4 is 17.3 Å². The van der Waals surface area contributed by atoms with Crippen molar-refractivity contribution in [1.29, 1.82) is 0 Å². The number of allylic oxidation sites excluding steroid dienone is 6. The van der Waals surface area contributed by atoms with Gasteiger partial charge in [0, 0.05) is 38.3 Å². The van der Waals surface area contributed by atoms with Crippen molar-refractivity contribution < 1.29 is 76.2 Å². The predicted molar refractivity (Wildman–Crippen MR) is 82.0 cm³/mol. The van der Waals surface area contributed by atoms with Crippen LogP contribution in [0.4, 0.5) is 26.3 Å². The maximum atomic E-state index is 11.3. The van der Waals surface area contributed by atoms with Crippen LogP contribution in [0.1, 0.15) is 27.7 Å². The second-order valence-electron chi connectivity index (χ2n) is 4.68. The molecule has 0 amide bonds. The minimum Gasteiger partial charge on any atom is -0.512 e. The molecule has 0 aromatic rings. The SMILES string of the molecule is CC(=O)C=C(C)O.CC(=O)C=C(O)C(F)(F)F.CC(O)=CC(=O)C(F)(F)F.[Ir]. The van der Waals surface area contributed by atoms with Gasteiger partial charge in [-0.1, -0.05) is 0 Å². The first-order valence-electron chi connectivity index (χ1n) is 6.65. The van der Waals surface area contributed by atoms with Gasteiger partial charge in [0.25, 0.3) is 5.78 Å². The van der Waals surface area contributed by atoms with E-state index in [1.165, 1.54) is 19.9 Å². The molecule has 0 aliphatic carbocycles. The van der Waals surface area contributed by atoms with E-state index in [4.69, 9.17) is 15.3 Å². The van der Waals surface area contributed by atoms with Crippen molar-refractivity contribution in [2.75, 3.05) is 0 Å². The van der Waals surface area contributed by atoms with E-state index in [9.17, 15) is 40.7 Å². The Morgan fingerprint density at radius 3 is 1.04 bits per heavy atom. The van der Waals surface area contributed by atoms with Gasteiger partial charge in [0.1, 0.15) is 0 Å². The fourth-order valence-corrected chi connectivity index (χ4v) is 0.840. The van der Waals surface area contributed by atoms with E-state index < -0.39 is 35.4 Å². The molecule has 165 valence electrons. The van der Waals surface area contributed by atoms with E-state index in [0.717, 1.165) is 13.8 Å². The zero-order valence-electron chi connectivity index (χ0n) is 14.9. The topological polar surface area (TPSA) is 112 Å². The van der Waals surface area contributed by atoms with Gasteiger partial charge < -0.3 is 15.3 Å². The Labute approximate surface area is 169 Å². The predicted octanol–water partition coefficient (Wildman–Crippen LogP) is 4.19. The third kappa shape index (κ3) is 26.1. The number of halogens is 6. The molecule has 28 heavy (non-hydrogen) atoms. The van der Waals surface area contributed by atoms with Gasteiger partial charge in [-0.15, -0.1) is 0 Å². The fourth-order valence-electron chi connectivity index (χ4n) is 0.840. The van der Waals surface area contributed by atoms with E-state index in [2.05, 4.69) is 0 Å². The molecule has 0 atom stereocenters. The van der Waals surface area contributed by atoms with Crippen LogP contribution in [0.3, 0.4) is 0 Å². The Kier molecular flexibility index (Phi) is 17.7. The van der Waals surface area contributed by atoms with Crippen molar-refractivity contribution in [2.45, 2.75) is 40.0 Å². The molecule has 6 nitrogen and oxygen atoms in total. The molecule has 0 aliphatic heterocycles. The van der Waals surface area contributed by atoms with E-state index in [1.807, 2.05) is 0 Å². The Morgan fingerprint density at radius 2 is 0.964 bits per heavy atom. The summed E-state index contributed by atoms with van der Waals surface area (Å²) in [6.45, 7) is 4.76. The summed E-state index contributed by atoms with van der Waals surface area (Å²) in [7, 11) is 0. The number of aliphatic hydroxyl groups is 3. The van der Waals surface area contributed by atoms with Crippen LogP contribution in [0, 0.1) is 0 Å². The third-order valence-corrected chi connectivity index (χ3v) is 1.66. The molecule has 1 radical (unpaired) electrons. The zero-order valence-corrected chi connectivity index (χ0v) is 17.3. The van der Waals surface area contributed by atoms with Crippen molar-refractivity contribution in [3.05, 3.63) is 35.5 Å². The molecule has 0 aliphatic rings. The van der Waals surface area contributed by atoms with Gasteiger partial charge in [0.15, 0.2) is 11.6 Å². The summed E-state index contributed by atoms with van der Waals surface area (Å²) >= 11 is 0. The molecule has 0 aromatic carbocycles. The molecule has 0 rings (SSSR count). The van der Waals surface area contributed by atoms with Crippen LogP contribution in [0.2, 0.25) is 0 Å². The molecule has 0 unspecified atom stereocenters. The van der Waals surface area contributed by atoms with E-state index in [0.29, 0.717) is 0 Å². The zero-order chi connectivity index (χ0) is 22.6. The molecule has 0 fully saturated rings. The number of ketones is 3. The average molecular weight is 601 g/mol. The van der Waals surface area contributed by atoms with E-state index in [1.54, 1.807) is 0 Å². The summed E-state index contributed by atoms with van der Waals surface area (Å²) in [6.07, 6.45) is -8.28. The molecule has 0 saturated carbocycles.